The van der Waals surface area contributed by atoms with E-state index in [2.05, 4.69) is 69.3 Å². The fourth-order valence-corrected chi connectivity index (χ4v) is 6.96. The van der Waals surface area contributed by atoms with Crippen molar-refractivity contribution >= 4 is 17.3 Å². The Morgan fingerprint density at radius 2 is 1.51 bits per heavy atom. The van der Waals surface area contributed by atoms with Crippen molar-refractivity contribution in [2.24, 2.45) is 0 Å². The second-order valence-corrected chi connectivity index (χ2v) is 12.4. The highest BCUT2D eigenvalue weighted by molar-refractivity contribution is 5.81. The van der Waals surface area contributed by atoms with Crippen LogP contribution in [0.3, 0.4) is 0 Å². The molecule has 1 fully saturated rings. The van der Waals surface area contributed by atoms with Crippen LogP contribution in [0.25, 0.3) is 0 Å². The Balaban J connectivity index is 1.39. The summed E-state index contributed by atoms with van der Waals surface area (Å²) in [6.07, 6.45) is 1.04. The number of esters is 1. The van der Waals surface area contributed by atoms with E-state index in [4.69, 9.17) is 18.9 Å². The standard InChI is InChI=1S/C39H45N3O5/c1-40(2)29-15-11-27(12-16-29)32(19-20-41-21-23-42(24-22-41)30-9-7-6-8-10-30)37-34(45-4)26-35(46-5)38-33(25-36(43)47-39(37)38)28-13-17-31(44-3)18-14-28/h6-18,26,32-33H,19-25H2,1-5H3/t32-,33-/m1/s1. The minimum atomic E-state index is -0.270. The van der Waals surface area contributed by atoms with Crippen molar-refractivity contribution in [3.8, 4) is 23.0 Å². The lowest BCUT2D eigenvalue weighted by Gasteiger charge is -2.37. The van der Waals surface area contributed by atoms with Crippen LogP contribution in [0.1, 0.15) is 46.9 Å². The highest BCUT2D eigenvalue weighted by Gasteiger charge is 2.38. The molecule has 2 atom stereocenters. The Morgan fingerprint density at radius 3 is 2.13 bits per heavy atom. The van der Waals surface area contributed by atoms with E-state index in [9.17, 15) is 4.79 Å². The third kappa shape index (κ3) is 6.88. The number of carbonyl (C=O) groups is 1. The number of ether oxygens (including phenoxy) is 4. The van der Waals surface area contributed by atoms with E-state index in [1.165, 1.54) is 5.69 Å². The molecule has 2 aliphatic heterocycles. The molecule has 2 heterocycles. The van der Waals surface area contributed by atoms with E-state index in [-0.39, 0.29) is 24.2 Å². The Morgan fingerprint density at radius 1 is 0.830 bits per heavy atom. The number of methoxy groups -OCH3 is 3. The summed E-state index contributed by atoms with van der Waals surface area (Å²) < 4.78 is 23.6. The van der Waals surface area contributed by atoms with E-state index in [1.54, 1.807) is 21.3 Å². The number of benzene rings is 4. The number of nitrogens with zero attached hydrogens (tertiary/aromatic N) is 3. The molecule has 0 bridgehead atoms. The van der Waals surface area contributed by atoms with Gasteiger partial charge in [-0.1, -0.05) is 42.5 Å². The molecule has 1 saturated heterocycles. The SMILES string of the molecule is COc1ccc([C@H]2CC(=O)Oc3c([C@H](CCN4CCN(c5ccccc5)CC4)c4ccc(N(C)C)cc4)c(OC)cc(OC)c32)cc1. The van der Waals surface area contributed by atoms with Gasteiger partial charge in [-0.05, 0) is 60.5 Å². The van der Waals surface area contributed by atoms with Crippen molar-refractivity contribution in [1.29, 1.82) is 0 Å². The van der Waals surface area contributed by atoms with Gasteiger partial charge in [0.05, 0.1) is 27.8 Å². The van der Waals surface area contributed by atoms with Crippen LogP contribution in [-0.2, 0) is 4.79 Å². The zero-order valence-corrected chi connectivity index (χ0v) is 28.1. The van der Waals surface area contributed by atoms with Gasteiger partial charge in [0.15, 0.2) is 0 Å². The van der Waals surface area contributed by atoms with Crippen molar-refractivity contribution in [3.05, 3.63) is 107 Å². The highest BCUT2D eigenvalue weighted by atomic mass is 16.5. The average molecular weight is 636 g/mol. The van der Waals surface area contributed by atoms with E-state index >= 15 is 0 Å². The molecule has 0 unspecified atom stereocenters. The summed E-state index contributed by atoms with van der Waals surface area (Å²) in [5.74, 6) is 2.02. The summed E-state index contributed by atoms with van der Waals surface area (Å²) in [6.45, 7) is 4.81. The molecular weight excluding hydrogens is 590 g/mol. The van der Waals surface area contributed by atoms with Gasteiger partial charge in [0, 0.05) is 80.7 Å². The van der Waals surface area contributed by atoms with Crippen LogP contribution < -0.4 is 28.7 Å². The molecule has 0 saturated carbocycles. The zero-order chi connectivity index (χ0) is 32.9. The third-order valence-electron chi connectivity index (χ3n) is 9.56. The van der Waals surface area contributed by atoms with Crippen LogP contribution in [0.2, 0.25) is 0 Å². The van der Waals surface area contributed by atoms with E-state index < -0.39 is 0 Å². The number of piperazine rings is 1. The van der Waals surface area contributed by atoms with Gasteiger partial charge in [-0.2, -0.15) is 0 Å². The summed E-state index contributed by atoms with van der Waals surface area (Å²) >= 11 is 0. The molecule has 0 aromatic heterocycles. The number of carbonyl (C=O) groups excluding carboxylic acids is 1. The first-order valence-corrected chi connectivity index (χ1v) is 16.3. The second kappa shape index (κ2) is 14.4. The van der Waals surface area contributed by atoms with Crippen molar-refractivity contribution in [2.75, 3.05) is 77.9 Å². The first-order chi connectivity index (χ1) is 22.9. The van der Waals surface area contributed by atoms with Crippen LogP contribution in [0.15, 0.2) is 84.9 Å². The summed E-state index contributed by atoms with van der Waals surface area (Å²) in [5, 5.41) is 0. The molecule has 8 heteroatoms. The lowest BCUT2D eigenvalue weighted by molar-refractivity contribution is -0.135. The summed E-state index contributed by atoms with van der Waals surface area (Å²) in [7, 11) is 9.07. The first-order valence-electron chi connectivity index (χ1n) is 16.3. The number of hydrogen-bond acceptors (Lipinski definition) is 8. The monoisotopic (exact) mass is 635 g/mol. The van der Waals surface area contributed by atoms with E-state index in [1.807, 2.05) is 44.4 Å². The molecule has 6 rings (SSSR count). The molecule has 0 radical (unpaired) electrons. The van der Waals surface area contributed by atoms with Gasteiger partial charge in [-0.3, -0.25) is 9.69 Å². The molecule has 0 amide bonds. The average Bonchev–Trinajstić information content (AvgIpc) is 3.12. The van der Waals surface area contributed by atoms with Gasteiger partial charge in [0.25, 0.3) is 0 Å². The summed E-state index contributed by atoms with van der Waals surface area (Å²) in [6, 6.07) is 29.2. The second-order valence-electron chi connectivity index (χ2n) is 12.4. The topological polar surface area (TPSA) is 63.7 Å². The molecule has 47 heavy (non-hydrogen) atoms. The van der Waals surface area contributed by atoms with Crippen molar-refractivity contribution in [1.82, 2.24) is 4.90 Å². The molecule has 246 valence electrons. The fraction of sp³-hybridized carbons (Fsp3) is 0.359. The quantitative estimate of drug-likeness (QED) is 0.136. The molecule has 4 aromatic rings. The molecule has 0 N–H and O–H groups in total. The zero-order valence-electron chi connectivity index (χ0n) is 28.1. The number of anilines is 2. The lowest BCUT2D eigenvalue weighted by Crippen LogP contribution is -2.46. The minimum Gasteiger partial charge on any atom is -0.497 e. The Kier molecular flexibility index (Phi) is 9.87. The molecule has 8 nitrogen and oxygen atoms in total. The predicted molar refractivity (Wildman–Crippen MR) is 187 cm³/mol. The van der Waals surface area contributed by atoms with Gasteiger partial charge in [0.1, 0.15) is 23.0 Å². The molecular formula is C39H45N3O5. The fourth-order valence-electron chi connectivity index (χ4n) is 6.96. The first kappa shape index (κ1) is 32.3. The van der Waals surface area contributed by atoms with Gasteiger partial charge in [-0.15, -0.1) is 0 Å². The predicted octanol–water partition coefficient (Wildman–Crippen LogP) is 6.56. The summed E-state index contributed by atoms with van der Waals surface area (Å²) in [4.78, 5) is 20.5. The van der Waals surface area contributed by atoms with Crippen molar-refractivity contribution in [2.45, 2.75) is 24.7 Å². The van der Waals surface area contributed by atoms with Gasteiger partial charge < -0.3 is 28.7 Å². The van der Waals surface area contributed by atoms with Crippen LogP contribution in [0, 0.1) is 0 Å². The smallest absolute Gasteiger partial charge is 0.312 e. The maximum Gasteiger partial charge on any atom is 0.312 e. The maximum atomic E-state index is 13.4. The number of rotatable bonds is 11. The van der Waals surface area contributed by atoms with Gasteiger partial charge >= 0.3 is 5.97 Å². The lowest BCUT2D eigenvalue weighted by atomic mass is 9.80. The summed E-state index contributed by atoms with van der Waals surface area (Å²) in [5.41, 5.74) is 6.30. The Labute approximate surface area is 278 Å². The molecule has 0 spiro atoms. The highest BCUT2D eigenvalue weighted by Crippen LogP contribution is 2.53. The van der Waals surface area contributed by atoms with Gasteiger partial charge in [0.2, 0.25) is 0 Å². The van der Waals surface area contributed by atoms with Crippen LogP contribution >= 0.6 is 0 Å². The number of para-hydroxylation sites is 1. The maximum absolute atomic E-state index is 13.4. The number of fused-ring (bicyclic) bond motifs is 1. The Bertz CT molecular complexity index is 1650. The van der Waals surface area contributed by atoms with E-state index in [0.717, 1.165) is 72.8 Å². The normalized spacial score (nSPS) is 17.0. The van der Waals surface area contributed by atoms with Crippen LogP contribution in [0.4, 0.5) is 11.4 Å². The van der Waals surface area contributed by atoms with Crippen molar-refractivity contribution < 1.29 is 23.7 Å². The molecule has 4 aromatic carbocycles. The largest absolute Gasteiger partial charge is 0.497 e. The third-order valence-corrected chi connectivity index (χ3v) is 9.56. The minimum absolute atomic E-state index is 0.0876. The van der Waals surface area contributed by atoms with E-state index in [0.29, 0.717) is 17.2 Å². The molecule has 2 aliphatic rings. The number of hydrogen-bond donors (Lipinski definition) is 0. The molecule has 0 aliphatic carbocycles. The van der Waals surface area contributed by atoms with Crippen LogP contribution in [0.5, 0.6) is 23.0 Å². The van der Waals surface area contributed by atoms with Crippen molar-refractivity contribution in [3.63, 3.8) is 0 Å². The van der Waals surface area contributed by atoms with Gasteiger partial charge in [-0.25, -0.2) is 0 Å². The van der Waals surface area contributed by atoms with Crippen LogP contribution in [-0.4, -0.2) is 79.0 Å². The Hall–Kier alpha value is -4.69.